The highest BCUT2D eigenvalue weighted by atomic mass is 35.5. The predicted octanol–water partition coefficient (Wildman–Crippen LogP) is 5.05. The summed E-state index contributed by atoms with van der Waals surface area (Å²) in [6.45, 7) is 9.67. The van der Waals surface area contributed by atoms with Crippen molar-refractivity contribution in [3.05, 3.63) is 34.9 Å². The number of carbonyl (C=O) groups is 1. The van der Waals surface area contributed by atoms with Gasteiger partial charge in [-0.15, -0.1) is 0 Å². The Balaban J connectivity index is 1.21. The van der Waals surface area contributed by atoms with Gasteiger partial charge in [-0.25, -0.2) is 4.79 Å². The Labute approximate surface area is 206 Å². The lowest BCUT2D eigenvalue weighted by Gasteiger charge is -2.37. The Morgan fingerprint density at radius 3 is 2.68 bits per heavy atom. The van der Waals surface area contributed by atoms with Gasteiger partial charge in [-0.05, 0) is 58.1 Å². The van der Waals surface area contributed by atoms with Gasteiger partial charge in [0.15, 0.2) is 5.82 Å². The van der Waals surface area contributed by atoms with Crippen LogP contribution in [0.3, 0.4) is 0 Å². The number of carbonyl (C=O) groups excluding carboxylic acids is 1. The van der Waals surface area contributed by atoms with Crippen molar-refractivity contribution in [1.29, 1.82) is 0 Å². The molecule has 0 unspecified atom stereocenters. The van der Waals surface area contributed by atoms with Gasteiger partial charge in [-0.3, -0.25) is 4.90 Å². The molecular formula is C25H34ClN5O3. The van der Waals surface area contributed by atoms with E-state index in [-0.39, 0.29) is 17.6 Å². The van der Waals surface area contributed by atoms with E-state index >= 15 is 0 Å². The van der Waals surface area contributed by atoms with Gasteiger partial charge in [0, 0.05) is 43.6 Å². The molecule has 3 aliphatic rings. The first kappa shape index (κ1) is 23.4. The molecular weight excluding hydrogens is 454 g/mol. The van der Waals surface area contributed by atoms with E-state index in [4.69, 9.17) is 20.9 Å². The van der Waals surface area contributed by atoms with Crippen molar-refractivity contribution in [2.75, 3.05) is 31.5 Å². The normalized spacial score (nSPS) is 22.9. The number of ether oxygens (including phenoxy) is 1. The Kier molecular flexibility index (Phi) is 6.46. The van der Waals surface area contributed by atoms with Crippen LogP contribution in [0.2, 0.25) is 5.02 Å². The Hall–Kier alpha value is -2.32. The van der Waals surface area contributed by atoms with Crippen LogP contribution in [0.5, 0.6) is 5.75 Å². The van der Waals surface area contributed by atoms with Crippen LogP contribution in [0.15, 0.2) is 22.7 Å². The van der Waals surface area contributed by atoms with E-state index in [1.807, 2.05) is 17.0 Å². The van der Waals surface area contributed by atoms with Crippen LogP contribution in [-0.4, -0.2) is 64.3 Å². The van der Waals surface area contributed by atoms with Gasteiger partial charge in [0.2, 0.25) is 5.89 Å². The van der Waals surface area contributed by atoms with Crippen LogP contribution >= 0.6 is 11.6 Å². The summed E-state index contributed by atoms with van der Waals surface area (Å²) in [7, 11) is 0. The maximum atomic E-state index is 13.1. The van der Waals surface area contributed by atoms with E-state index in [1.54, 1.807) is 6.07 Å². The number of anilines is 1. The zero-order valence-corrected chi connectivity index (χ0v) is 21.0. The molecule has 2 aromatic rings. The maximum absolute atomic E-state index is 13.1. The lowest BCUT2D eigenvalue weighted by atomic mass is 9.80. The fourth-order valence-corrected chi connectivity index (χ4v) is 5.03. The first-order valence-corrected chi connectivity index (χ1v) is 12.8. The zero-order valence-electron chi connectivity index (χ0n) is 20.2. The van der Waals surface area contributed by atoms with Gasteiger partial charge in [-0.1, -0.05) is 29.7 Å². The number of nitrogens with zero attached hydrogens (tertiary/aromatic N) is 4. The number of nitrogens with one attached hydrogen (secondary N) is 1. The van der Waals surface area contributed by atoms with Crippen molar-refractivity contribution in [1.82, 2.24) is 19.9 Å². The monoisotopic (exact) mass is 487 g/mol. The summed E-state index contributed by atoms with van der Waals surface area (Å²) in [4.78, 5) is 22.0. The van der Waals surface area contributed by atoms with E-state index < -0.39 is 0 Å². The number of hydrogen-bond donors (Lipinski definition) is 1. The SMILES string of the molecule is CC(C)N1CC[C@@H](Oc2cccc(Cl)c2NC(=O)N2CCC(C)(c3noc(C4CC4)n3)CC2)C1. The lowest BCUT2D eigenvalue weighted by Crippen LogP contribution is -2.46. The molecule has 2 amide bonds. The first-order valence-electron chi connectivity index (χ1n) is 12.4. The number of halogens is 1. The minimum absolute atomic E-state index is 0.0858. The van der Waals surface area contributed by atoms with Gasteiger partial charge in [-0.2, -0.15) is 4.98 Å². The molecule has 2 saturated heterocycles. The van der Waals surface area contributed by atoms with Gasteiger partial charge in [0.05, 0.1) is 5.02 Å². The molecule has 1 atom stereocenters. The fraction of sp³-hybridized carbons (Fsp3) is 0.640. The molecule has 34 heavy (non-hydrogen) atoms. The molecule has 2 aliphatic heterocycles. The molecule has 1 aromatic heterocycles. The molecule has 3 fully saturated rings. The van der Waals surface area contributed by atoms with Crippen molar-refractivity contribution >= 4 is 23.3 Å². The molecule has 184 valence electrons. The fourth-order valence-electron chi connectivity index (χ4n) is 4.81. The van der Waals surface area contributed by atoms with Gasteiger partial charge in [0.25, 0.3) is 0 Å². The van der Waals surface area contributed by atoms with Crippen molar-refractivity contribution in [2.45, 2.75) is 76.4 Å². The highest BCUT2D eigenvalue weighted by Gasteiger charge is 2.39. The standard InChI is InChI=1S/C25H34ClN5O3/c1-16(2)31-12-9-18(15-31)33-20-6-4-5-19(26)21(20)27-24(32)30-13-10-25(3,11-14-30)23-28-22(34-29-23)17-7-8-17/h4-6,16-18H,7-15H2,1-3H3,(H,27,32)/t18-/m1/s1. The second-order valence-electron chi connectivity index (χ2n) is 10.4. The third kappa shape index (κ3) is 4.89. The van der Waals surface area contributed by atoms with Crippen molar-refractivity contribution in [2.24, 2.45) is 0 Å². The van der Waals surface area contributed by atoms with Crippen LogP contribution in [0.1, 0.15) is 70.5 Å². The molecule has 0 bridgehead atoms. The highest BCUT2D eigenvalue weighted by molar-refractivity contribution is 6.34. The summed E-state index contributed by atoms with van der Waals surface area (Å²) in [5.74, 6) is 2.60. The van der Waals surface area contributed by atoms with Crippen molar-refractivity contribution in [3.8, 4) is 5.75 Å². The summed E-state index contributed by atoms with van der Waals surface area (Å²) in [5, 5.41) is 7.75. The van der Waals surface area contributed by atoms with Crippen LogP contribution < -0.4 is 10.1 Å². The number of amides is 2. The average molecular weight is 488 g/mol. The number of para-hydroxylation sites is 1. The Morgan fingerprint density at radius 2 is 2.00 bits per heavy atom. The van der Waals surface area contributed by atoms with E-state index in [1.165, 1.54) is 0 Å². The van der Waals surface area contributed by atoms with Crippen LogP contribution in [-0.2, 0) is 5.41 Å². The van der Waals surface area contributed by atoms with Gasteiger partial charge >= 0.3 is 6.03 Å². The summed E-state index contributed by atoms with van der Waals surface area (Å²) in [5.41, 5.74) is 0.356. The topological polar surface area (TPSA) is 83.7 Å². The largest absolute Gasteiger partial charge is 0.487 e. The van der Waals surface area contributed by atoms with Crippen LogP contribution in [0.25, 0.3) is 0 Å². The molecule has 5 rings (SSSR count). The number of rotatable bonds is 6. The number of hydrogen-bond acceptors (Lipinski definition) is 6. The number of piperidine rings is 1. The van der Waals surface area contributed by atoms with E-state index in [0.29, 0.717) is 41.5 Å². The number of urea groups is 1. The van der Waals surface area contributed by atoms with Crippen LogP contribution in [0, 0.1) is 0 Å². The maximum Gasteiger partial charge on any atom is 0.321 e. The van der Waals surface area contributed by atoms with E-state index in [2.05, 4.69) is 41.1 Å². The van der Waals surface area contributed by atoms with Crippen molar-refractivity contribution in [3.63, 3.8) is 0 Å². The molecule has 1 aliphatic carbocycles. The van der Waals surface area contributed by atoms with Crippen molar-refractivity contribution < 1.29 is 14.1 Å². The lowest BCUT2D eigenvalue weighted by molar-refractivity contribution is 0.168. The molecule has 3 heterocycles. The average Bonchev–Trinajstić information content (AvgIpc) is 3.33. The smallest absolute Gasteiger partial charge is 0.321 e. The summed E-state index contributed by atoms with van der Waals surface area (Å²) < 4.78 is 11.8. The molecule has 1 aromatic carbocycles. The molecule has 0 radical (unpaired) electrons. The minimum atomic E-state index is -0.184. The summed E-state index contributed by atoms with van der Waals surface area (Å²) in [6, 6.07) is 5.84. The second kappa shape index (κ2) is 9.38. The Morgan fingerprint density at radius 1 is 1.24 bits per heavy atom. The third-order valence-corrected chi connectivity index (χ3v) is 7.79. The minimum Gasteiger partial charge on any atom is -0.487 e. The molecule has 8 nitrogen and oxygen atoms in total. The first-order chi connectivity index (χ1) is 16.3. The van der Waals surface area contributed by atoms with Gasteiger partial charge in [0.1, 0.15) is 17.5 Å². The molecule has 0 spiro atoms. The Bertz CT molecular complexity index is 1030. The number of benzene rings is 1. The molecule has 1 N–H and O–H groups in total. The van der Waals surface area contributed by atoms with Gasteiger partial charge < -0.3 is 19.5 Å². The highest BCUT2D eigenvalue weighted by Crippen LogP contribution is 2.41. The third-order valence-electron chi connectivity index (χ3n) is 7.47. The van der Waals surface area contributed by atoms with Crippen LogP contribution in [0.4, 0.5) is 10.5 Å². The second-order valence-corrected chi connectivity index (χ2v) is 10.8. The predicted molar refractivity (Wildman–Crippen MR) is 131 cm³/mol. The summed E-state index contributed by atoms with van der Waals surface area (Å²) in [6.07, 6.45) is 4.88. The number of likely N-dealkylation sites (tertiary alicyclic amines) is 2. The van der Waals surface area contributed by atoms with E-state index in [0.717, 1.165) is 56.9 Å². The molecule has 1 saturated carbocycles. The zero-order chi connectivity index (χ0) is 23.9. The number of aromatic nitrogens is 2. The quantitative estimate of drug-likeness (QED) is 0.614. The molecule has 9 heteroatoms. The summed E-state index contributed by atoms with van der Waals surface area (Å²) >= 11 is 6.48. The van der Waals surface area contributed by atoms with E-state index in [9.17, 15) is 4.79 Å².